The van der Waals surface area contributed by atoms with E-state index in [1.165, 1.54) is 25.7 Å². The number of carbonyl (C=O) groups is 1. The molecule has 2 N–H and O–H groups in total. The molecule has 0 aromatic rings. The lowest BCUT2D eigenvalue weighted by Gasteiger charge is -2.30. The maximum Gasteiger partial charge on any atom is 0.228 e. The van der Waals surface area contributed by atoms with Gasteiger partial charge in [-0.05, 0) is 31.7 Å². The van der Waals surface area contributed by atoms with E-state index in [1.807, 2.05) is 25.8 Å². The largest absolute Gasteiger partial charge is 0.345 e. The van der Waals surface area contributed by atoms with Gasteiger partial charge in [-0.15, -0.1) is 0 Å². The lowest BCUT2D eigenvalue weighted by Crippen LogP contribution is -2.41. The summed E-state index contributed by atoms with van der Waals surface area (Å²) in [5.41, 5.74) is 5.24. The van der Waals surface area contributed by atoms with Crippen LogP contribution in [-0.2, 0) is 4.79 Å². The van der Waals surface area contributed by atoms with Crippen molar-refractivity contribution in [2.45, 2.75) is 46.0 Å². The first kappa shape index (κ1) is 13.5. The van der Waals surface area contributed by atoms with Gasteiger partial charge in [-0.3, -0.25) is 4.79 Å². The molecule has 0 spiro atoms. The monoisotopic (exact) mass is 226 g/mol. The van der Waals surface area contributed by atoms with E-state index >= 15 is 0 Å². The van der Waals surface area contributed by atoms with E-state index in [9.17, 15) is 4.79 Å². The summed E-state index contributed by atoms with van der Waals surface area (Å²) in [6.07, 6.45) is 6.00. The third-order valence-electron chi connectivity index (χ3n) is 3.70. The van der Waals surface area contributed by atoms with Gasteiger partial charge in [0.25, 0.3) is 0 Å². The number of rotatable bonds is 5. The summed E-state index contributed by atoms with van der Waals surface area (Å²) < 4.78 is 0. The average molecular weight is 226 g/mol. The van der Waals surface area contributed by atoms with Crippen LogP contribution in [0, 0.1) is 11.3 Å². The van der Waals surface area contributed by atoms with Crippen LogP contribution >= 0.6 is 0 Å². The standard InChI is InChI=1S/C13H26N2O/c1-13(2,8-9-14)12(16)15(3)10-11-6-4-5-7-11/h11H,4-10,14H2,1-3H3. The first-order valence-electron chi connectivity index (χ1n) is 6.43. The Bertz CT molecular complexity index is 232. The molecule has 16 heavy (non-hydrogen) atoms. The second-order valence-electron chi connectivity index (χ2n) is 5.76. The van der Waals surface area contributed by atoms with E-state index in [2.05, 4.69) is 0 Å². The van der Waals surface area contributed by atoms with E-state index in [0.717, 1.165) is 18.9 Å². The highest BCUT2D eigenvalue weighted by Crippen LogP contribution is 2.27. The number of nitrogens with zero attached hydrogens (tertiary/aromatic N) is 1. The summed E-state index contributed by atoms with van der Waals surface area (Å²) in [5, 5.41) is 0. The van der Waals surface area contributed by atoms with Gasteiger partial charge in [0, 0.05) is 19.0 Å². The summed E-state index contributed by atoms with van der Waals surface area (Å²) in [4.78, 5) is 14.1. The molecule has 94 valence electrons. The van der Waals surface area contributed by atoms with Gasteiger partial charge in [-0.1, -0.05) is 26.7 Å². The molecule has 0 heterocycles. The summed E-state index contributed by atoms with van der Waals surface area (Å²) >= 11 is 0. The molecule has 1 aliphatic rings. The molecular formula is C13H26N2O. The Kier molecular flexibility index (Phi) is 4.78. The Hall–Kier alpha value is -0.570. The van der Waals surface area contributed by atoms with E-state index in [0.29, 0.717) is 6.54 Å². The maximum absolute atomic E-state index is 12.2. The minimum Gasteiger partial charge on any atom is -0.345 e. The molecule has 3 nitrogen and oxygen atoms in total. The molecule has 0 radical (unpaired) electrons. The highest BCUT2D eigenvalue weighted by Gasteiger charge is 2.30. The van der Waals surface area contributed by atoms with Gasteiger partial charge in [0.1, 0.15) is 0 Å². The van der Waals surface area contributed by atoms with Gasteiger partial charge in [0.05, 0.1) is 0 Å². The Morgan fingerprint density at radius 2 is 1.94 bits per heavy atom. The highest BCUT2D eigenvalue weighted by atomic mass is 16.2. The van der Waals surface area contributed by atoms with Crippen LogP contribution < -0.4 is 5.73 Å². The normalized spacial score (nSPS) is 17.8. The quantitative estimate of drug-likeness (QED) is 0.779. The van der Waals surface area contributed by atoms with Crippen LogP contribution in [-0.4, -0.2) is 30.9 Å². The smallest absolute Gasteiger partial charge is 0.228 e. The number of hydrogen-bond acceptors (Lipinski definition) is 2. The molecular weight excluding hydrogens is 200 g/mol. The summed E-state index contributed by atoms with van der Waals surface area (Å²) in [5.74, 6) is 0.965. The lowest BCUT2D eigenvalue weighted by molar-refractivity contribution is -0.139. The summed E-state index contributed by atoms with van der Waals surface area (Å²) in [6, 6.07) is 0. The van der Waals surface area contributed by atoms with Gasteiger partial charge in [-0.25, -0.2) is 0 Å². The van der Waals surface area contributed by atoms with Gasteiger partial charge in [0.15, 0.2) is 0 Å². The maximum atomic E-state index is 12.2. The van der Waals surface area contributed by atoms with Crippen molar-refractivity contribution in [3.8, 4) is 0 Å². The van der Waals surface area contributed by atoms with Gasteiger partial charge in [0.2, 0.25) is 5.91 Å². The lowest BCUT2D eigenvalue weighted by atomic mass is 9.87. The van der Waals surface area contributed by atoms with Crippen LogP contribution in [0.4, 0.5) is 0 Å². The molecule has 0 bridgehead atoms. The van der Waals surface area contributed by atoms with Gasteiger partial charge >= 0.3 is 0 Å². The van der Waals surface area contributed by atoms with Crippen molar-refractivity contribution in [1.29, 1.82) is 0 Å². The zero-order valence-corrected chi connectivity index (χ0v) is 11.0. The van der Waals surface area contributed by atoms with Crippen molar-refractivity contribution in [2.75, 3.05) is 20.1 Å². The predicted molar refractivity (Wildman–Crippen MR) is 67.0 cm³/mol. The molecule has 0 saturated heterocycles. The molecule has 1 aliphatic carbocycles. The van der Waals surface area contributed by atoms with Crippen molar-refractivity contribution in [2.24, 2.45) is 17.1 Å². The van der Waals surface area contributed by atoms with Crippen LogP contribution in [0.25, 0.3) is 0 Å². The van der Waals surface area contributed by atoms with Crippen LogP contribution in [0.15, 0.2) is 0 Å². The van der Waals surface area contributed by atoms with Crippen LogP contribution in [0.3, 0.4) is 0 Å². The Labute approximate surface area is 99.4 Å². The SMILES string of the molecule is CN(CC1CCCC1)C(=O)C(C)(C)CCN. The molecule has 0 unspecified atom stereocenters. The number of hydrogen-bond donors (Lipinski definition) is 1. The first-order valence-corrected chi connectivity index (χ1v) is 6.43. The summed E-state index contributed by atoms with van der Waals surface area (Å²) in [7, 11) is 1.93. The number of nitrogens with two attached hydrogens (primary N) is 1. The third-order valence-corrected chi connectivity index (χ3v) is 3.70. The zero-order valence-electron chi connectivity index (χ0n) is 11.0. The number of amides is 1. The Morgan fingerprint density at radius 1 is 1.38 bits per heavy atom. The molecule has 0 aromatic heterocycles. The van der Waals surface area contributed by atoms with Crippen LogP contribution in [0.2, 0.25) is 0 Å². The molecule has 3 heteroatoms. The van der Waals surface area contributed by atoms with E-state index in [-0.39, 0.29) is 11.3 Å². The molecule has 0 aromatic carbocycles. The first-order chi connectivity index (χ1) is 7.47. The van der Waals surface area contributed by atoms with Crippen LogP contribution in [0.5, 0.6) is 0 Å². The average Bonchev–Trinajstić information content (AvgIpc) is 2.69. The van der Waals surface area contributed by atoms with Gasteiger partial charge in [-0.2, -0.15) is 0 Å². The van der Waals surface area contributed by atoms with Crippen molar-refractivity contribution >= 4 is 5.91 Å². The third kappa shape index (κ3) is 3.48. The van der Waals surface area contributed by atoms with Crippen molar-refractivity contribution in [3.05, 3.63) is 0 Å². The highest BCUT2D eigenvalue weighted by molar-refractivity contribution is 5.81. The molecule has 1 rings (SSSR count). The topological polar surface area (TPSA) is 46.3 Å². The second-order valence-corrected chi connectivity index (χ2v) is 5.76. The van der Waals surface area contributed by atoms with Crippen molar-refractivity contribution < 1.29 is 4.79 Å². The van der Waals surface area contributed by atoms with E-state index in [4.69, 9.17) is 5.73 Å². The number of carbonyl (C=O) groups excluding carboxylic acids is 1. The Morgan fingerprint density at radius 3 is 2.44 bits per heavy atom. The van der Waals surface area contributed by atoms with Gasteiger partial charge < -0.3 is 10.6 Å². The zero-order chi connectivity index (χ0) is 12.2. The fraction of sp³-hybridized carbons (Fsp3) is 0.923. The van der Waals surface area contributed by atoms with Crippen LogP contribution in [0.1, 0.15) is 46.0 Å². The predicted octanol–water partition coefficient (Wildman–Crippen LogP) is 2.01. The minimum atomic E-state index is -0.303. The molecule has 0 atom stereocenters. The van der Waals surface area contributed by atoms with Crippen molar-refractivity contribution in [3.63, 3.8) is 0 Å². The van der Waals surface area contributed by atoms with E-state index in [1.54, 1.807) is 0 Å². The minimum absolute atomic E-state index is 0.241. The molecule has 1 fully saturated rings. The fourth-order valence-electron chi connectivity index (χ4n) is 2.65. The molecule has 1 amide bonds. The van der Waals surface area contributed by atoms with E-state index < -0.39 is 0 Å². The second kappa shape index (κ2) is 5.67. The summed E-state index contributed by atoms with van der Waals surface area (Å²) in [6.45, 7) is 5.49. The molecule has 1 saturated carbocycles. The fourth-order valence-corrected chi connectivity index (χ4v) is 2.65. The Balaban J connectivity index is 2.45. The van der Waals surface area contributed by atoms with Crippen molar-refractivity contribution in [1.82, 2.24) is 4.90 Å². The molecule has 0 aliphatic heterocycles.